The maximum Gasteiger partial charge on any atom is 0.573 e. The number of hydrogen-bond donors (Lipinski definition) is 2. The minimum Gasteiger partial charge on any atom is -0.405 e. The number of alkyl halides is 3. The number of carbonyl (C=O) groups is 1. The molecule has 0 bridgehead atoms. The Kier molecular flexibility index (Phi) is 5.68. The molecule has 0 aliphatic rings. The van der Waals surface area contributed by atoms with Crippen LogP contribution in [-0.2, 0) is 13.0 Å². The van der Waals surface area contributed by atoms with E-state index in [1.165, 1.54) is 18.2 Å². The molecule has 0 aliphatic heterocycles. The van der Waals surface area contributed by atoms with Crippen LogP contribution < -0.4 is 15.4 Å². The van der Waals surface area contributed by atoms with Gasteiger partial charge in [-0.3, -0.25) is 0 Å². The van der Waals surface area contributed by atoms with E-state index in [1.807, 2.05) is 25.1 Å². The predicted octanol–water partition coefficient (Wildman–Crippen LogP) is 4.47. The van der Waals surface area contributed by atoms with Crippen LogP contribution >= 0.6 is 0 Å². The zero-order valence-electron chi connectivity index (χ0n) is 13.0. The highest BCUT2D eigenvalue weighted by atomic mass is 19.4. The van der Waals surface area contributed by atoms with Crippen LogP contribution in [0.3, 0.4) is 0 Å². The van der Waals surface area contributed by atoms with Gasteiger partial charge < -0.3 is 15.4 Å². The van der Waals surface area contributed by atoms with E-state index >= 15 is 0 Å². The van der Waals surface area contributed by atoms with Gasteiger partial charge in [-0.1, -0.05) is 37.3 Å². The third-order valence-electron chi connectivity index (χ3n) is 3.23. The van der Waals surface area contributed by atoms with Gasteiger partial charge in [-0.25, -0.2) is 4.79 Å². The van der Waals surface area contributed by atoms with Crippen LogP contribution in [0.15, 0.2) is 48.5 Å². The summed E-state index contributed by atoms with van der Waals surface area (Å²) in [6.07, 6.45) is -3.95. The average Bonchev–Trinajstić information content (AvgIpc) is 2.53. The zero-order chi connectivity index (χ0) is 17.6. The van der Waals surface area contributed by atoms with Crippen LogP contribution in [-0.4, -0.2) is 12.4 Å². The number of rotatable bonds is 5. The lowest BCUT2D eigenvalue weighted by atomic mass is 10.1. The Morgan fingerprint density at radius 2 is 1.88 bits per heavy atom. The molecule has 128 valence electrons. The second-order valence-electron chi connectivity index (χ2n) is 5.02. The number of amides is 2. The van der Waals surface area contributed by atoms with Crippen molar-refractivity contribution in [3.8, 4) is 5.75 Å². The summed E-state index contributed by atoms with van der Waals surface area (Å²) in [5.74, 6) is -0.335. The molecule has 2 rings (SSSR count). The molecule has 2 amide bonds. The Bertz CT molecular complexity index is 702. The number of hydrogen-bond acceptors (Lipinski definition) is 2. The molecule has 0 heterocycles. The van der Waals surface area contributed by atoms with Crippen molar-refractivity contribution in [3.05, 3.63) is 59.7 Å². The number of anilines is 1. The largest absolute Gasteiger partial charge is 0.573 e. The Balaban J connectivity index is 1.96. The molecule has 0 aliphatic carbocycles. The van der Waals surface area contributed by atoms with E-state index in [2.05, 4.69) is 15.4 Å². The standard InChI is InChI=1S/C17H17F3N2O2/c1-2-12-6-5-8-14(10-12)22-16(23)21-11-13-7-3-4-9-15(13)24-17(18,19)20/h3-10H,2,11H2,1H3,(H2,21,22,23). The van der Waals surface area contributed by atoms with Crippen molar-refractivity contribution in [1.82, 2.24) is 5.32 Å². The van der Waals surface area contributed by atoms with Gasteiger partial charge in [-0.05, 0) is 30.2 Å². The van der Waals surface area contributed by atoms with Gasteiger partial charge in [0.05, 0.1) is 0 Å². The van der Waals surface area contributed by atoms with Crippen molar-refractivity contribution < 1.29 is 22.7 Å². The summed E-state index contributed by atoms with van der Waals surface area (Å²) in [6.45, 7) is 1.91. The minimum atomic E-state index is -4.78. The third kappa shape index (κ3) is 5.49. The summed E-state index contributed by atoms with van der Waals surface area (Å²) >= 11 is 0. The predicted molar refractivity (Wildman–Crippen MR) is 84.8 cm³/mol. The van der Waals surface area contributed by atoms with Crippen LogP contribution in [0, 0.1) is 0 Å². The Hall–Kier alpha value is -2.70. The molecule has 2 aromatic rings. The molecule has 2 N–H and O–H groups in total. The first-order valence-electron chi connectivity index (χ1n) is 7.35. The first kappa shape index (κ1) is 17.7. The number of ether oxygens (including phenoxy) is 1. The van der Waals surface area contributed by atoms with Crippen LogP contribution in [0.1, 0.15) is 18.1 Å². The molecule has 0 radical (unpaired) electrons. The first-order chi connectivity index (χ1) is 11.4. The number of para-hydroxylation sites is 1. The number of urea groups is 1. The molecule has 0 saturated carbocycles. The number of halogens is 3. The quantitative estimate of drug-likeness (QED) is 0.845. The molecule has 0 spiro atoms. The molecule has 0 unspecified atom stereocenters. The number of carbonyl (C=O) groups excluding carboxylic acids is 1. The second-order valence-corrected chi connectivity index (χ2v) is 5.02. The van der Waals surface area contributed by atoms with Gasteiger partial charge in [0, 0.05) is 17.8 Å². The third-order valence-corrected chi connectivity index (χ3v) is 3.23. The van der Waals surface area contributed by atoms with E-state index in [0.717, 1.165) is 12.0 Å². The minimum absolute atomic E-state index is 0.0917. The summed E-state index contributed by atoms with van der Waals surface area (Å²) < 4.78 is 41.0. The Labute approximate surface area is 137 Å². The fourth-order valence-electron chi connectivity index (χ4n) is 2.09. The molecule has 0 aromatic heterocycles. The summed E-state index contributed by atoms with van der Waals surface area (Å²) in [4.78, 5) is 11.9. The van der Waals surface area contributed by atoms with Crippen molar-refractivity contribution in [2.24, 2.45) is 0 Å². The van der Waals surface area contributed by atoms with Crippen molar-refractivity contribution in [2.45, 2.75) is 26.3 Å². The van der Waals surface area contributed by atoms with Gasteiger partial charge in [-0.15, -0.1) is 13.2 Å². The summed E-state index contributed by atoms with van der Waals surface area (Å²) in [6, 6.07) is 12.5. The zero-order valence-corrected chi connectivity index (χ0v) is 13.0. The van der Waals surface area contributed by atoms with Gasteiger partial charge in [-0.2, -0.15) is 0 Å². The number of aryl methyl sites for hydroxylation is 1. The maximum absolute atomic E-state index is 12.4. The van der Waals surface area contributed by atoms with Gasteiger partial charge >= 0.3 is 12.4 Å². The van der Waals surface area contributed by atoms with E-state index in [0.29, 0.717) is 5.69 Å². The van der Waals surface area contributed by atoms with Crippen LogP contribution in [0.25, 0.3) is 0 Å². The summed E-state index contributed by atoms with van der Waals surface area (Å²) in [7, 11) is 0. The molecular weight excluding hydrogens is 321 g/mol. The lowest BCUT2D eigenvalue weighted by Gasteiger charge is -2.14. The molecule has 0 atom stereocenters. The van der Waals surface area contributed by atoms with Crippen LogP contribution in [0.5, 0.6) is 5.75 Å². The molecule has 24 heavy (non-hydrogen) atoms. The van der Waals surface area contributed by atoms with Crippen molar-refractivity contribution >= 4 is 11.7 Å². The lowest BCUT2D eigenvalue weighted by Crippen LogP contribution is -2.28. The fourth-order valence-corrected chi connectivity index (χ4v) is 2.09. The first-order valence-corrected chi connectivity index (χ1v) is 7.35. The topological polar surface area (TPSA) is 50.4 Å². The highest BCUT2D eigenvalue weighted by Gasteiger charge is 2.31. The number of benzene rings is 2. The van der Waals surface area contributed by atoms with Gasteiger partial charge in [0.15, 0.2) is 0 Å². The highest BCUT2D eigenvalue weighted by Crippen LogP contribution is 2.26. The summed E-state index contributed by atoms with van der Waals surface area (Å²) in [5.41, 5.74) is 1.91. The Morgan fingerprint density at radius 1 is 1.12 bits per heavy atom. The van der Waals surface area contributed by atoms with Gasteiger partial charge in [0.2, 0.25) is 0 Å². The average molecular weight is 338 g/mol. The monoisotopic (exact) mass is 338 g/mol. The Morgan fingerprint density at radius 3 is 2.58 bits per heavy atom. The second kappa shape index (κ2) is 7.72. The maximum atomic E-state index is 12.4. The van der Waals surface area contributed by atoms with Crippen molar-refractivity contribution in [2.75, 3.05) is 5.32 Å². The smallest absolute Gasteiger partial charge is 0.405 e. The fraction of sp³-hybridized carbons (Fsp3) is 0.235. The van der Waals surface area contributed by atoms with E-state index in [4.69, 9.17) is 0 Å². The van der Waals surface area contributed by atoms with Crippen LogP contribution in [0.4, 0.5) is 23.7 Å². The normalized spacial score (nSPS) is 11.0. The van der Waals surface area contributed by atoms with Crippen molar-refractivity contribution in [1.29, 1.82) is 0 Å². The lowest BCUT2D eigenvalue weighted by molar-refractivity contribution is -0.274. The van der Waals surface area contributed by atoms with E-state index in [-0.39, 0.29) is 17.9 Å². The highest BCUT2D eigenvalue weighted by molar-refractivity contribution is 5.89. The van der Waals surface area contributed by atoms with Gasteiger partial charge in [0.1, 0.15) is 5.75 Å². The molecule has 4 nitrogen and oxygen atoms in total. The molecule has 0 fully saturated rings. The van der Waals surface area contributed by atoms with E-state index in [1.54, 1.807) is 12.1 Å². The molecule has 7 heteroatoms. The van der Waals surface area contributed by atoms with Crippen LogP contribution in [0.2, 0.25) is 0 Å². The van der Waals surface area contributed by atoms with E-state index < -0.39 is 12.4 Å². The van der Waals surface area contributed by atoms with E-state index in [9.17, 15) is 18.0 Å². The molecule has 0 saturated heterocycles. The summed E-state index contributed by atoms with van der Waals surface area (Å²) in [5, 5.41) is 5.16. The molecular formula is C17H17F3N2O2. The van der Waals surface area contributed by atoms with Crippen molar-refractivity contribution in [3.63, 3.8) is 0 Å². The molecule has 2 aromatic carbocycles. The SMILES string of the molecule is CCc1cccc(NC(=O)NCc2ccccc2OC(F)(F)F)c1. The van der Waals surface area contributed by atoms with Gasteiger partial charge in [0.25, 0.3) is 0 Å². The number of nitrogens with one attached hydrogen (secondary N) is 2.